The minimum absolute atomic E-state index is 0. The molecule has 7 heteroatoms. The van der Waals surface area contributed by atoms with Gasteiger partial charge >= 0.3 is 0 Å². The van der Waals surface area contributed by atoms with E-state index in [0.717, 1.165) is 32.5 Å². The van der Waals surface area contributed by atoms with Crippen molar-refractivity contribution >= 4 is 42.1 Å². The smallest absolute Gasteiger partial charge is 0.228 e. The molecule has 27 heavy (non-hydrogen) atoms. The molecule has 1 saturated heterocycles. The molecule has 1 fully saturated rings. The van der Waals surface area contributed by atoms with Crippen molar-refractivity contribution in [2.45, 2.75) is 19.4 Å². The van der Waals surface area contributed by atoms with Gasteiger partial charge in [0.1, 0.15) is 5.75 Å². The van der Waals surface area contributed by atoms with Crippen LogP contribution in [0.1, 0.15) is 18.4 Å². The van der Waals surface area contributed by atoms with Gasteiger partial charge in [0, 0.05) is 18.8 Å². The fourth-order valence-corrected chi connectivity index (χ4v) is 3.31. The number of benzene rings is 2. The number of piperidine rings is 1. The molecule has 3 N–H and O–H groups in total. The summed E-state index contributed by atoms with van der Waals surface area (Å²) in [5.41, 5.74) is 8.43. The number of carbonyl (C=O) groups excluding carboxylic acids is 1. The molecule has 0 saturated carbocycles. The SMILES string of the molecule is COc1ccc(NC(=O)C2CCCN(Cc3ccccc3)C2)cc1N.Cl.Cl. The van der Waals surface area contributed by atoms with Crippen molar-refractivity contribution in [3.05, 3.63) is 54.1 Å². The molecule has 1 aliphatic rings. The molecule has 1 unspecified atom stereocenters. The molecule has 2 aromatic rings. The van der Waals surface area contributed by atoms with Gasteiger partial charge in [-0.05, 0) is 43.1 Å². The van der Waals surface area contributed by atoms with Gasteiger partial charge in [-0.1, -0.05) is 30.3 Å². The van der Waals surface area contributed by atoms with Gasteiger partial charge < -0.3 is 15.8 Å². The van der Waals surface area contributed by atoms with Gasteiger partial charge in [0.2, 0.25) is 5.91 Å². The van der Waals surface area contributed by atoms with Crippen LogP contribution in [-0.4, -0.2) is 31.0 Å². The van der Waals surface area contributed by atoms with Crippen molar-refractivity contribution < 1.29 is 9.53 Å². The Bertz CT molecular complexity index is 728. The Morgan fingerprint density at radius 1 is 1.22 bits per heavy atom. The van der Waals surface area contributed by atoms with Gasteiger partial charge in [0.05, 0.1) is 18.7 Å². The fraction of sp³-hybridized carbons (Fsp3) is 0.350. The van der Waals surface area contributed by atoms with E-state index in [0.29, 0.717) is 17.1 Å². The van der Waals surface area contributed by atoms with Crippen LogP contribution < -0.4 is 15.8 Å². The molecule has 148 valence electrons. The van der Waals surface area contributed by atoms with Crippen molar-refractivity contribution in [3.63, 3.8) is 0 Å². The Labute approximate surface area is 173 Å². The zero-order valence-corrected chi connectivity index (χ0v) is 17.0. The van der Waals surface area contributed by atoms with Crippen LogP contribution in [0.2, 0.25) is 0 Å². The predicted octanol–water partition coefficient (Wildman–Crippen LogP) is 3.97. The quantitative estimate of drug-likeness (QED) is 0.730. The maximum absolute atomic E-state index is 12.6. The molecule has 0 bridgehead atoms. The first-order chi connectivity index (χ1) is 12.2. The van der Waals surface area contributed by atoms with Crippen molar-refractivity contribution in [1.29, 1.82) is 0 Å². The maximum Gasteiger partial charge on any atom is 0.228 e. The molecular weight excluding hydrogens is 385 g/mol. The summed E-state index contributed by atoms with van der Waals surface area (Å²) >= 11 is 0. The molecule has 1 amide bonds. The first-order valence-electron chi connectivity index (χ1n) is 8.66. The molecule has 1 heterocycles. The lowest BCUT2D eigenvalue weighted by Gasteiger charge is -2.32. The average molecular weight is 412 g/mol. The highest BCUT2D eigenvalue weighted by Gasteiger charge is 2.26. The Hall–Kier alpha value is -1.95. The van der Waals surface area contributed by atoms with E-state index in [1.54, 1.807) is 19.2 Å². The van der Waals surface area contributed by atoms with Crippen molar-refractivity contribution in [1.82, 2.24) is 4.90 Å². The standard InChI is InChI=1S/C20H25N3O2.2ClH/c1-25-19-10-9-17(12-18(19)21)22-20(24)16-8-5-11-23(14-16)13-15-6-3-2-4-7-15;;/h2-4,6-7,9-10,12,16H,5,8,11,13-14,21H2,1H3,(H,22,24);2*1H. The molecular formula is C20H27Cl2N3O2. The third-order valence-corrected chi connectivity index (χ3v) is 4.62. The molecule has 0 aromatic heterocycles. The van der Waals surface area contributed by atoms with Gasteiger partial charge in [-0.3, -0.25) is 9.69 Å². The fourth-order valence-electron chi connectivity index (χ4n) is 3.31. The number of rotatable bonds is 5. The minimum atomic E-state index is 0. The number of likely N-dealkylation sites (tertiary alicyclic amines) is 1. The third-order valence-electron chi connectivity index (χ3n) is 4.62. The van der Waals surface area contributed by atoms with E-state index in [9.17, 15) is 4.79 Å². The van der Waals surface area contributed by atoms with Crippen molar-refractivity contribution in [3.8, 4) is 5.75 Å². The van der Waals surface area contributed by atoms with E-state index in [1.807, 2.05) is 12.1 Å². The number of amides is 1. The van der Waals surface area contributed by atoms with E-state index in [-0.39, 0.29) is 36.6 Å². The monoisotopic (exact) mass is 411 g/mol. The highest BCUT2D eigenvalue weighted by molar-refractivity contribution is 5.93. The van der Waals surface area contributed by atoms with Gasteiger partial charge in [0.25, 0.3) is 0 Å². The number of carbonyl (C=O) groups is 1. The van der Waals surface area contributed by atoms with E-state index < -0.39 is 0 Å². The highest BCUT2D eigenvalue weighted by atomic mass is 35.5. The normalized spacial score (nSPS) is 16.6. The number of nitrogens with one attached hydrogen (secondary N) is 1. The van der Waals surface area contributed by atoms with Gasteiger partial charge in [-0.2, -0.15) is 0 Å². The summed E-state index contributed by atoms with van der Waals surface area (Å²) in [6.45, 7) is 2.71. The van der Waals surface area contributed by atoms with Gasteiger partial charge in [-0.25, -0.2) is 0 Å². The van der Waals surface area contributed by atoms with Crippen LogP contribution in [0.15, 0.2) is 48.5 Å². The number of hydrogen-bond acceptors (Lipinski definition) is 4. The largest absolute Gasteiger partial charge is 0.495 e. The molecule has 3 rings (SSSR count). The second-order valence-corrected chi connectivity index (χ2v) is 6.51. The lowest BCUT2D eigenvalue weighted by atomic mass is 9.96. The molecule has 2 aromatic carbocycles. The Morgan fingerprint density at radius 3 is 2.63 bits per heavy atom. The van der Waals surface area contributed by atoms with E-state index >= 15 is 0 Å². The van der Waals surface area contributed by atoms with Crippen LogP contribution in [0, 0.1) is 5.92 Å². The summed E-state index contributed by atoms with van der Waals surface area (Å²) in [4.78, 5) is 15.0. The van der Waals surface area contributed by atoms with Crippen molar-refractivity contribution in [2.24, 2.45) is 5.92 Å². The molecule has 0 radical (unpaired) electrons. The summed E-state index contributed by atoms with van der Waals surface area (Å²) in [6.07, 6.45) is 1.96. The first kappa shape index (κ1) is 23.1. The molecule has 1 aliphatic heterocycles. The third kappa shape index (κ3) is 6.31. The van der Waals surface area contributed by atoms with Crippen LogP contribution in [0.25, 0.3) is 0 Å². The van der Waals surface area contributed by atoms with Crippen molar-refractivity contribution in [2.75, 3.05) is 31.2 Å². The number of methoxy groups -OCH3 is 1. The number of nitrogens with two attached hydrogens (primary N) is 1. The van der Waals surface area contributed by atoms with Crippen LogP contribution in [0.4, 0.5) is 11.4 Å². The number of anilines is 2. The summed E-state index contributed by atoms with van der Waals surface area (Å²) in [5.74, 6) is 0.674. The van der Waals surface area contributed by atoms with Gasteiger partial charge in [-0.15, -0.1) is 24.8 Å². The lowest BCUT2D eigenvalue weighted by Crippen LogP contribution is -2.40. The Balaban J connectivity index is 0.00000182. The summed E-state index contributed by atoms with van der Waals surface area (Å²) < 4.78 is 5.15. The van der Waals surface area contributed by atoms with Gasteiger partial charge in [0.15, 0.2) is 0 Å². The van der Waals surface area contributed by atoms with Crippen LogP contribution in [0.3, 0.4) is 0 Å². The maximum atomic E-state index is 12.6. The minimum Gasteiger partial charge on any atom is -0.495 e. The summed E-state index contributed by atoms with van der Waals surface area (Å²) in [7, 11) is 1.58. The number of nitrogen functional groups attached to an aromatic ring is 1. The zero-order valence-electron chi connectivity index (χ0n) is 15.4. The highest BCUT2D eigenvalue weighted by Crippen LogP contribution is 2.26. The molecule has 1 atom stereocenters. The second-order valence-electron chi connectivity index (χ2n) is 6.51. The summed E-state index contributed by atoms with van der Waals surface area (Å²) in [6, 6.07) is 15.7. The zero-order chi connectivity index (χ0) is 17.6. The van der Waals surface area contributed by atoms with Crippen LogP contribution in [-0.2, 0) is 11.3 Å². The van der Waals surface area contributed by atoms with E-state index in [4.69, 9.17) is 10.5 Å². The Morgan fingerprint density at radius 2 is 1.96 bits per heavy atom. The van der Waals surface area contributed by atoms with Crippen LogP contribution >= 0.6 is 24.8 Å². The lowest BCUT2D eigenvalue weighted by molar-refractivity contribution is -0.121. The number of ether oxygens (including phenoxy) is 1. The predicted molar refractivity (Wildman–Crippen MR) is 115 cm³/mol. The number of halogens is 2. The summed E-state index contributed by atoms with van der Waals surface area (Å²) in [5, 5.41) is 2.99. The second kappa shape index (κ2) is 11.0. The molecule has 0 spiro atoms. The van der Waals surface area contributed by atoms with E-state index in [2.05, 4.69) is 34.5 Å². The molecule has 0 aliphatic carbocycles. The number of hydrogen-bond donors (Lipinski definition) is 2. The average Bonchev–Trinajstić information content (AvgIpc) is 2.63. The Kier molecular flexibility index (Phi) is 9.43. The molecule has 5 nitrogen and oxygen atoms in total. The number of nitrogens with zero attached hydrogens (tertiary/aromatic N) is 1. The van der Waals surface area contributed by atoms with E-state index in [1.165, 1.54) is 5.56 Å². The first-order valence-corrected chi connectivity index (χ1v) is 8.66. The van der Waals surface area contributed by atoms with Crippen LogP contribution in [0.5, 0.6) is 5.75 Å². The topological polar surface area (TPSA) is 67.6 Å².